The number of carbonyl (C=O) groups excluding carboxylic acids is 1. The number of hydrogen-bond acceptors (Lipinski definition) is 6. The van der Waals surface area contributed by atoms with Crippen molar-refractivity contribution in [3.05, 3.63) is 23.9 Å². The van der Waals surface area contributed by atoms with Crippen molar-refractivity contribution in [1.82, 2.24) is 14.6 Å². The zero-order valence-corrected chi connectivity index (χ0v) is 15.6. The predicted octanol–water partition coefficient (Wildman–Crippen LogP) is 0.776. The van der Waals surface area contributed by atoms with E-state index in [2.05, 4.69) is 10.3 Å². The molecular formula is C13H18F3N3O5S2. The van der Waals surface area contributed by atoms with Crippen LogP contribution in [-0.2, 0) is 19.9 Å². The SMILES string of the molecule is CCS(=O)(=O)N(C)CCCNC(=O)c1cccnc1S(=O)(=O)C(F)(F)F. The Kier molecular flexibility index (Phi) is 7.13. The van der Waals surface area contributed by atoms with Crippen LogP contribution in [0.5, 0.6) is 0 Å². The number of nitrogens with one attached hydrogen (secondary N) is 1. The summed E-state index contributed by atoms with van der Waals surface area (Å²) in [6.07, 6.45) is 1.02. The Labute approximate surface area is 149 Å². The predicted molar refractivity (Wildman–Crippen MR) is 86.5 cm³/mol. The number of sulfone groups is 1. The van der Waals surface area contributed by atoms with Gasteiger partial charge in [0.2, 0.25) is 10.0 Å². The first kappa shape index (κ1) is 22.3. The van der Waals surface area contributed by atoms with Crippen LogP contribution in [0.3, 0.4) is 0 Å². The van der Waals surface area contributed by atoms with E-state index in [4.69, 9.17) is 0 Å². The molecule has 1 aromatic rings. The lowest BCUT2D eigenvalue weighted by molar-refractivity contribution is -0.0438. The van der Waals surface area contributed by atoms with Gasteiger partial charge in [-0.3, -0.25) is 4.79 Å². The molecule has 1 amide bonds. The highest BCUT2D eigenvalue weighted by atomic mass is 32.2. The molecule has 0 unspecified atom stereocenters. The van der Waals surface area contributed by atoms with E-state index in [1.54, 1.807) is 0 Å². The number of nitrogens with zero attached hydrogens (tertiary/aromatic N) is 2. The third-order valence-corrected chi connectivity index (χ3v) is 6.66. The summed E-state index contributed by atoms with van der Waals surface area (Å²) in [5.74, 6) is -1.15. The molecule has 13 heteroatoms. The molecule has 0 radical (unpaired) electrons. The van der Waals surface area contributed by atoms with E-state index in [1.165, 1.54) is 14.0 Å². The van der Waals surface area contributed by atoms with E-state index in [0.717, 1.165) is 22.6 Å². The maximum atomic E-state index is 12.7. The largest absolute Gasteiger partial charge is 0.503 e. The van der Waals surface area contributed by atoms with E-state index in [1.807, 2.05) is 0 Å². The van der Waals surface area contributed by atoms with Gasteiger partial charge in [0.05, 0.1) is 11.3 Å². The molecule has 0 atom stereocenters. The number of halogens is 3. The maximum Gasteiger partial charge on any atom is 0.503 e. The van der Waals surface area contributed by atoms with Gasteiger partial charge in [-0.05, 0) is 25.5 Å². The molecule has 1 N–H and O–H groups in total. The number of aromatic nitrogens is 1. The van der Waals surface area contributed by atoms with E-state index in [0.29, 0.717) is 0 Å². The van der Waals surface area contributed by atoms with Crippen LogP contribution in [0.1, 0.15) is 23.7 Å². The summed E-state index contributed by atoms with van der Waals surface area (Å²) in [6.45, 7) is 1.48. The fraction of sp³-hybridized carbons (Fsp3) is 0.538. The number of carbonyl (C=O) groups is 1. The second-order valence-electron chi connectivity index (χ2n) is 5.14. The van der Waals surface area contributed by atoms with Crippen LogP contribution < -0.4 is 5.32 Å². The number of amides is 1. The highest BCUT2D eigenvalue weighted by Gasteiger charge is 2.49. The molecule has 0 saturated heterocycles. The minimum absolute atomic E-state index is 0.0667. The van der Waals surface area contributed by atoms with Crippen molar-refractivity contribution in [3.8, 4) is 0 Å². The Hall–Kier alpha value is -1.73. The first-order chi connectivity index (χ1) is 11.8. The Balaban J connectivity index is 2.82. The van der Waals surface area contributed by atoms with Gasteiger partial charge in [0.1, 0.15) is 0 Å². The summed E-state index contributed by atoms with van der Waals surface area (Å²) < 4.78 is 85.2. The molecular weight excluding hydrogens is 399 g/mol. The third-order valence-electron chi connectivity index (χ3n) is 3.35. The summed E-state index contributed by atoms with van der Waals surface area (Å²) in [5.41, 5.74) is -6.33. The van der Waals surface area contributed by atoms with Crippen molar-refractivity contribution in [2.75, 3.05) is 25.9 Å². The minimum Gasteiger partial charge on any atom is -0.352 e. The van der Waals surface area contributed by atoms with Crippen LogP contribution in [-0.4, -0.2) is 63.4 Å². The van der Waals surface area contributed by atoms with Gasteiger partial charge < -0.3 is 5.32 Å². The average molecular weight is 417 g/mol. The lowest BCUT2D eigenvalue weighted by atomic mass is 10.2. The molecule has 148 valence electrons. The highest BCUT2D eigenvalue weighted by Crippen LogP contribution is 2.30. The topological polar surface area (TPSA) is 114 Å². The number of rotatable bonds is 8. The molecule has 0 aliphatic heterocycles. The zero-order valence-electron chi connectivity index (χ0n) is 13.9. The summed E-state index contributed by atoms with van der Waals surface area (Å²) >= 11 is 0. The second-order valence-corrected chi connectivity index (χ2v) is 9.36. The molecule has 1 aromatic heterocycles. The van der Waals surface area contributed by atoms with Crippen LogP contribution in [0.2, 0.25) is 0 Å². The molecule has 8 nitrogen and oxygen atoms in total. The molecule has 26 heavy (non-hydrogen) atoms. The van der Waals surface area contributed by atoms with Crippen molar-refractivity contribution in [1.29, 1.82) is 0 Å². The van der Waals surface area contributed by atoms with Crippen molar-refractivity contribution < 1.29 is 34.8 Å². The van der Waals surface area contributed by atoms with Crippen LogP contribution in [0.25, 0.3) is 0 Å². The van der Waals surface area contributed by atoms with Gasteiger partial charge in [-0.15, -0.1) is 0 Å². The van der Waals surface area contributed by atoms with E-state index in [-0.39, 0.29) is 25.3 Å². The number of pyridine rings is 1. The molecule has 0 bridgehead atoms. The highest BCUT2D eigenvalue weighted by molar-refractivity contribution is 7.92. The van der Waals surface area contributed by atoms with Crippen LogP contribution in [0, 0.1) is 0 Å². The van der Waals surface area contributed by atoms with Crippen LogP contribution in [0.4, 0.5) is 13.2 Å². The first-order valence-electron chi connectivity index (χ1n) is 7.33. The van der Waals surface area contributed by atoms with Gasteiger partial charge in [-0.1, -0.05) is 0 Å². The van der Waals surface area contributed by atoms with Gasteiger partial charge in [-0.25, -0.2) is 26.1 Å². The lowest BCUT2D eigenvalue weighted by Gasteiger charge is -2.16. The minimum atomic E-state index is -5.78. The van der Waals surface area contributed by atoms with Gasteiger partial charge in [0, 0.05) is 26.3 Å². The Bertz CT molecular complexity index is 854. The quantitative estimate of drug-likeness (QED) is 0.626. The molecule has 0 aliphatic rings. The molecule has 1 heterocycles. The van der Waals surface area contributed by atoms with E-state index >= 15 is 0 Å². The van der Waals surface area contributed by atoms with Gasteiger partial charge in [-0.2, -0.15) is 13.2 Å². The third kappa shape index (κ3) is 5.14. The molecule has 0 fully saturated rings. The lowest BCUT2D eigenvalue weighted by Crippen LogP contribution is -2.33. The smallest absolute Gasteiger partial charge is 0.352 e. The van der Waals surface area contributed by atoms with Crippen molar-refractivity contribution in [2.24, 2.45) is 0 Å². The van der Waals surface area contributed by atoms with Gasteiger partial charge >= 0.3 is 5.51 Å². The number of sulfonamides is 1. The number of hydrogen-bond donors (Lipinski definition) is 1. The molecule has 0 aliphatic carbocycles. The molecule has 0 spiro atoms. The van der Waals surface area contributed by atoms with Crippen LogP contribution in [0.15, 0.2) is 23.4 Å². The summed E-state index contributed by atoms with van der Waals surface area (Å²) in [7, 11) is -7.81. The summed E-state index contributed by atoms with van der Waals surface area (Å²) in [4.78, 5) is 15.2. The van der Waals surface area contributed by atoms with Gasteiger partial charge in [0.25, 0.3) is 15.7 Å². The molecule has 0 saturated carbocycles. The van der Waals surface area contributed by atoms with Crippen LogP contribution >= 0.6 is 0 Å². The standard InChI is InChI=1S/C13H18F3N3O5S2/c1-3-25(21,22)19(2)9-5-8-17-11(20)10-6-4-7-18-12(10)26(23,24)13(14,15)16/h4,6-7H,3,5,8-9H2,1-2H3,(H,17,20). The van der Waals surface area contributed by atoms with Gasteiger partial charge in [0.15, 0.2) is 5.03 Å². The summed E-state index contributed by atoms with van der Waals surface area (Å²) in [5, 5.41) is 0.876. The Morgan fingerprint density at radius 1 is 1.27 bits per heavy atom. The summed E-state index contributed by atoms with van der Waals surface area (Å²) in [6, 6.07) is 2.04. The fourth-order valence-corrected chi connectivity index (χ4v) is 3.56. The van der Waals surface area contributed by atoms with Crippen molar-refractivity contribution in [3.63, 3.8) is 0 Å². The monoisotopic (exact) mass is 417 g/mol. The van der Waals surface area contributed by atoms with Crippen molar-refractivity contribution in [2.45, 2.75) is 23.9 Å². The molecule has 0 aromatic carbocycles. The van der Waals surface area contributed by atoms with Crippen molar-refractivity contribution >= 4 is 25.8 Å². The maximum absolute atomic E-state index is 12.7. The first-order valence-corrected chi connectivity index (χ1v) is 10.4. The van der Waals surface area contributed by atoms with E-state index < -0.39 is 41.9 Å². The Morgan fingerprint density at radius 2 is 1.88 bits per heavy atom. The fourth-order valence-electron chi connectivity index (χ4n) is 1.85. The zero-order chi connectivity index (χ0) is 20.2. The Morgan fingerprint density at radius 3 is 2.42 bits per heavy atom. The normalized spacial score (nSPS) is 13.0. The average Bonchev–Trinajstić information content (AvgIpc) is 2.57. The number of alkyl halides is 3. The second kappa shape index (κ2) is 8.31. The van der Waals surface area contributed by atoms with E-state index in [9.17, 15) is 34.8 Å². The molecule has 1 rings (SSSR count).